The van der Waals surface area contributed by atoms with Gasteiger partial charge in [0, 0.05) is 23.6 Å². The number of para-hydroxylation sites is 1. The highest BCUT2D eigenvalue weighted by Gasteiger charge is 2.37. The van der Waals surface area contributed by atoms with Gasteiger partial charge >= 0.3 is 0 Å². The van der Waals surface area contributed by atoms with Crippen LogP contribution >= 0.6 is 0 Å². The van der Waals surface area contributed by atoms with Crippen molar-refractivity contribution in [1.82, 2.24) is 4.90 Å². The highest BCUT2D eigenvalue weighted by atomic mass is 16.5. The molecule has 1 aromatic rings. The van der Waals surface area contributed by atoms with Crippen molar-refractivity contribution in [2.24, 2.45) is 5.92 Å². The first-order chi connectivity index (χ1) is 8.72. The summed E-state index contributed by atoms with van der Waals surface area (Å²) in [5.41, 5.74) is 2.49. The van der Waals surface area contributed by atoms with E-state index in [-0.39, 0.29) is 0 Å². The van der Waals surface area contributed by atoms with Crippen molar-refractivity contribution in [2.75, 3.05) is 27.3 Å². The molecule has 96 valence electrons. The van der Waals surface area contributed by atoms with Gasteiger partial charge in [-0.25, -0.2) is 0 Å². The number of nitrogens with zero attached hydrogens (tertiary/aromatic N) is 1. The number of hydrogen-bond acceptors (Lipinski definition) is 3. The summed E-state index contributed by atoms with van der Waals surface area (Å²) in [5.74, 6) is 2.52. The van der Waals surface area contributed by atoms with Crippen molar-refractivity contribution in [2.45, 2.75) is 13.0 Å². The van der Waals surface area contributed by atoms with E-state index >= 15 is 0 Å². The number of benzene rings is 1. The molecule has 0 N–H and O–H groups in total. The number of likely N-dealkylation sites (N-methyl/N-ethyl adjacent to an activating group) is 1. The van der Waals surface area contributed by atoms with Gasteiger partial charge in [-0.1, -0.05) is 25.1 Å². The summed E-state index contributed by atoms with van der Waals surface area (Å²) in [7, 11) is 3.93. The minimum atomic E-state index is 0.311. The molecule has 0 bridgehead atoms. The van der Waals surface area contributed by atoms with Crippen molar-refractivity contribution >= 4 is 5.57 Å². The summed E-state index contributed by atoms with van der Waals surface area (Å²) in [6, 6.07) is 8.55. The molecule has 2 heterocycles. The minimum absolute atomic E-state index is 0.311. The van der Waals surface area contributed by atoms with E-state index in [0.717, 1.165) is 18.1 Å². The van der Waals surface area contributed by atoms with Crippen molar-refractivity contribution in [3.63, 3.8) is 0 Å². The van der Waals surface area contributed by atoms with Gasteiger partial charge in [-0.3, -0.25) is 4.90 Å². The molecule has 0 aliphatic carbocycles. The Balaban J connectivity index is 2.19. The van der Waals surface area contributed by atoms with Crippen LogP contribution in [0.25, 0.3) is 5.57 Å². The summed E-state index contributed by atoms with van der Waals surface area (Å²) >= 11 is 0. The number of rotatable bonds is 1. The molecular formula is C15H19NO2. The van der Waals surface area contributed by atoms with Gasteiger partial charge in [0.05, 0.1) is 13.2 Å². The van der Waals surface area contributed by atoms with Crippen LogP contribution in [0.2, 0.25) is 0 Å². The zero-order valence-corrected chi connectivity index (χ0v) is 11.1. The van der Waals surface area contributed by atoms with Crippen LogP contribution in [-0.4, -0.2) is 38.3 Å². The molecule has 1 aromatic carbocycles. The van der Waals surface area contributed by atoms with E-state index in [4.69, 9.17) is 9.47 Å². The van der Waals surface area contributed by atoms with Crippen molar-refractivity contribution in [1.29, 1.82) is 0 Å². The van der Waals surface area contributed by atoms with Crippen molar-refractivity contribution < 1.29 is 9.47 Å². The Bertz CT molecular complexity index is 495. The molecule has 0 fully saturated rings. The van der Waals surface area contributed by atoms with E-state index in [0.29, 0.717) is 18.6 Å². The molecule has 0 saturated heterocycles. The van der Waals surface area contributed by atoms with Crippen LogP contribution in [-0.2, 0) is 4.74 Å². The molecule has 2 aliphatic heterocycles. The Morgan fingerprint density at radius 1 is 1.33 bits per heavy atom. The normalized spacial score (nSPS) is 27.3. The van der Waals surface area contributed by atoms with Crippen LogP contribution in [0.1, 0.15) is 12.5 Å². The van der Waals surface area contributed by atoms with Crippen molar-refractivity contribution in [3.05, 3.63) is 35.6 Å². The monoisotopic (exact) mass is 245 g/mol. The lowest BCUT2D eigenvalue weighted by Gasteiger charge is -2.41. The van der Waals surface area contributed by atoms with Crippen molar-refractivity contribution in [3.8, 4) is 5.75 Å². The maximum Gasteiger partial charge on any atom is 0.127 e. The molecule has 0 unspecified atom stereocenters. The molecule has 0 aromatic heterocycles. The van der Waals surface area contributed by atoms with Crippen LogP contribution in [0.3, 0.4) is 0 Å². The lowest BCUT2D eigenvalue weighted by molar-refractivity contribution is 0.133. The van der Waals surface area contributed by atoms with Gasteiger partial charge in [-0.15, -0.1) is 0 Å². The Labute approximate surface area is 108 Å². The van der Waals surface area contributed by atoms with E-state index in [2.05, 4.69) is 31.0 Å². The molecule has 3 nitrogen and oxygen atoms in total. The second kappa shape index (κ2) is 4.32. The molecule has 0 spiro atoms. The first kappa shape index (κ1) is 11.6. The van der Waals surface area contributed by atoms with E-state index in [1.54, 1.807) is 7.11 Å². The Morgan fingerprint density at radius 2 is 2.11 bits per heavy atom. The van der Waals surface area contributed by atoms with Crippen LogP contribution in [0.15, 0.2) is 30.0 Å². The lowest BCUT2D eigenvalue weighted by atomic mass is 9.86. The van der Waals surface area contributed by atoms with Gasteiger partial charge in [0.2, 0.25) is 0 Å². The van der Waals surface area contributed by atoms with Gasteiger partial charge in [0.15, 0.2) is 0 Å². The summed E-state index contributed by atoms with van der Waals surface area (Å²) in [6.07, 6.45) is 0. The lowest BCUT2D eigenvalue weighted by Crippen LogP contribution is -2.46. The molecule has 0 saturated carbocycles. The third-order valence-electron chi connectivity index (χ3n) is 3.93. The molecular weight excluding hydrogens is 226 g/mol. The fraction of sp³-hybridized carbons (Fsp3) is 0.467. The smallest absolute Gasteiger partial charge is 0.127 e. The van der Waals surface area contributed by atoms with E-state index < -0.39 is 0 Å². The average Bonchev–Trinajstić information content (AvgIpc) is 2.39. The Kier molecular flexibility index (Phi) is 2.78. The number of ether oxygens (including phenoxy) is 2. The molecule has 0 radical (unpaired) electrons. The predicted molar refractivity (Wildman–Crippen MR) is 71.4 cm³/mol. The van der Waals surface area contributed by atoms with Crippen LogP contribution in [0.4, 0.5) is 0 Å². The Hall–Kier alpha value is -1.48. The first-order valence-electron chi connectivity index (χ1n) is 6.43. The van der Waals surface area contributed by atoms with E-state index in [1.165, 1.54) is 11.1 Å². The zero-order valence-electron chi connectivity index (χ0n) is 11.1. The second-order valence-electron chi connectivity index (χ2n) is 5.15. The summed E-state index contributed by atoms with van der Waals surface area (Å²) in [5, 5.41) is 0. The fourth-order valence-corrected chi connectivity index (χ4v) is 3.11. The maximum absolute atomic E-state index is 5.86. The largest absolute Gasteiger partial charge is 0.500 e. The quantitative estimate of drug-likeness (QED) is 0.758. The molecule has 2 atom stereocenters. The van der Waals surface area contributed by atoms with Gasteiger partial charge in [0.25, 0.3) is 0 Å². The molecule has 18 heavy (non-hydrogen) atoms. The summed E-state index contributed by atoms with van der Waals surface area (Å²) in [4.78, 5) is 2.36. The first-order valence-corrected chi connectivity index (χ1v) is 6.43. The average molecular weight is 245 g/mol. The Morgan fingerprint density at radius 3 is 2.89 bits per heavy atom. The summed E-state index contributed by atoms with van der Waals surface area (Å²) < 4.78 is 11.5. The molecule has 3 rings (SSSR count). The predicted octanol–water partition coefficient (Wildman–Crippen LogP) is 2.39. The third-order valence-corrected chi connectivity index (χ3v) is 3.93. The standard InChI is InChI=1S/C15H19NO2/c1-10-8-16(2)12-9-18-13-7-5-4-6-11(13)14(12)15(10)17-3/h4-7,10,12H,8-9H2,1-3H3/t10-,12+/m0/s1. The zero-order chi connectivity index (χ0) is 12.7. The van der Waals surface area contributed by atoms with Crippen LogP contribution in [0, 0.1) is 5.92 Å². The molecule has 3 heteroatoms. The number of hydrogen-bond donors (Lipinski definition) is 0. The highest BCUT2D eigenvalue weighted by molar-refractivity contribution is 5.78. The van der Waals surface area contributed by atoms with E-state index in [9.17, 15) is 0 Å². The third kappa shape index (κ3) is 1.62. The fourth-order valence-electron chi connectivity index (χ4n) is 3.11. The number of fused-ring (bicyclic) bond motifs is 3. The van der Waals surface area contributed by atoms with Crippen LogP contribution < -0.4 is 4.74 Å². The molecule has 2 aliphatic rings. The highest BCUT2D eigenvalue weighted by Crippen LogP contribution is 2.41. The SMILES string of the molecule is COC1=C2c3ccccc3OC[C@H]2N(C)C[C@@H]1C. The van der Waals surface area contributed by atoms with E-state index in [1.807, 2.05) is 12.1 Å². The van der Waals surface area contributed by atoms with Gasteiger partial charge in [-0.05, 0) is 13.1 Å². The number of methoxy groups -OCH3 is 1. The molecule has 0 amide bonds. The van der Waals surface area contributed by atoms with Crippen LogP contribution in [0.5, 0.6) is 5.75 Å². The maximum atomic E-state index is 5.86. The topological polar surface area (TPSA) is 21.7 Å². The second-order valence-corrected chi connectivity index (χ2v) is 5.15. The van der Waals surface area contributed by atoms with Gasteiger partial charge in [0.1, 0.15) is 18.1 Å². The van der Waals surface area contributed by atoms with Gasteiger partial charge < -0.3 is 9.47 Å². The van der Waals surface area contributed by atoms with Gasteiger partial charge in [-0.2, -0.15) is 0 Å². The summed E-state index contributed by atoms with van der Waals surface area (Å²) in [6.45, 7) is 3.95. The minimum Gasteiger partial charge on any atom is -0.500 e.